The van der Waals surface area contributed by atoms with Crippen LogP contribution in [0.2, 0.25) is 0 Å². The Morgan fingerprint density at radius 1 is 1.33 bits per heavy atom. The number of hydrogen-bond acceptors (Lipinski definition) is 2. The van der Waals surface area contributed by atoms with Crippen LogP contribution < -0.4 is 5.32 Å². The van der Waals surface area contributed by atoms with E-state index >= 15 is 0 Å². The molecule has 1 rings (SSSR count). The topological polar surface area (TPSA) is 66.4 Å². The first-order chi connectivity index (χ1) is 6.91. The van der Waals surface area contributed by atoms with Gasteiger partial charge in [0.15, 0.2) is 0 Å². The first-order valence-electron chi connectivity index (χ1n) is 3.91. The zero-order valence-corrected chi connectivity index (χ0v) is 7.67. The van der Waals surface area contributed by atoms with Gasteiger partial charge in [0.05, 0.1) is 5.69 Å². The van der Waals surface area contributed by atoms with E-state index in [4.69, 9.17) is 5.11 Å². The van der Waals surface area contributed by atoms with E-state index in [0.717, 1.165) is 13.0 Å². The molecule has 0 heterocycles. The summed E-state index contributed by atoms with van der Waals surface area (Å²) in [4.78, 5) is 21.3. The summed E-state index contributed by atoms with van der Waals surface area (Å²) in [6.07, 6.45) is 0. The molecular formula is C9H7F2NO3. The Morgan fingerprint density at radius 2 is 1.93 bits per heavy atom. The average molecular weight is 215 g/mol. The molecule has 0 saturated carbocycles. The number of benzene rings is 1. The lowest BCUT2D eigenvalue weighted by molar-refractivity contribution is -0.114. The number of carbonyl (C=O) groups is 2. The number of carboxylic acid groups (broad SMARTS) is 1. The fourth-order valence-corrected chi connectivity index (χ4v) is 1.08. The third-order valence-electron chi connectivity index (χ3n) is 1.58. The molecule has 0 radical (unpaired) electrons. The van der Waals surface area contributed by atoms with Crippen molar-refractivity contribution in [3.8, 4) is 0 Å². The van der Waals surface area contributed by atoms with E-state index in [1.807, 2.05) is 5.32 Å². The molecule has 80 valence electrons. The van der Waals surface area contributed by atoms with Gasteiger partial charge in [-0.3, -0.25) is 4.79 Å². The van der Waals surface area contributed by atoms with Crippen molar-refractivity contribution in [1.29, 1.82) is 0 Å². The van der Waals surface area contributed by atoms with Crippen molar-refractivity contribution in [2.24, 2.45) is 0 Å². The first-order valence-corrected chi connectivity index (χ1v) is 3.91. The van der Waals surface area contributed by atoms with Gasteiger partial charge in [0.2, 0.25) is 5.91 Å². The summed E-state index contributed by atoms with van der Waals surface area (Å²) in [7, 11) is 0. The molecule has 1 amide bonds. The number of carboxylic acids is 1. The number of halogens is 2. The van der Waals surface area contributed by atoms with Crippen LogP contribution in [0.1, 0.15) is 17.3 Å². The van der Waals surface area contributed by atoms with Crippen molar-refractivity contribution in [2.75, 3.05) is 5.32 Å². The minimum atomic E-state index is -1.57. The lowest BCUT2D eigenvalue weighted by Gasteiger charge is -2.07. The molecule has 2 N–H and O–H groups in total. The normalized spacial score (nSPS) is 9.80. The van der Waals surface area contributed by atoms with Crippen molar-refractivity contribution < 1.29 is 23.5 Å². The van der Waals surface area contributed by atoms with Crippen molar-refractivity contribution in [1.82, 2.24) is 0 Å². The van der Waals surface area contributed by atoms with Gasteiger partial charge in [0.1, 0.15) is 17.2 Å². The molecule has 6 heteroatoms. The largest absolute Gasteiger partial charge is 0.478 e. The molecule has 1 aromatic rings. The van der Waals surface area contributed by atoms with Gasteiger partial charge in [-0.25, -0.2) is 13.6 Å². The molecule has 0 bridgehead atoms. The Kier molecular flexibility index (Phi) is 2.99. The maximum atomic E-state index is 13.0. The number of aromatic carboxylic acids is 1. The van der Waals surface area contributed by atoms with Gasteiger partial charge in [0.25, 0.3) is 0 Å². The van der Waals surface area contributed by atoms with Crippen molar-refractivity contribution in [2.45, 2.75) is 6.92 Å². The van der Waals surface area contributed by atoms with Crippen LogP contribution in [-0.4, -0.2) is 17.0 Å². The van der Waals surface area contributed by atoms with E-state index < -0.39 is 34.8 Å². The zero-order chi connectivity index (χ0) is 11.6. The van der Waals surface area contributed by atoms with Gasteiger partial charge >= 0.3 is 5.97 Å². The molecule has 0 aliphatic heterocycles. The lowest BCUT2D eigenvalue weighted by Crippen LogP contribution is -2.13. The highest BCUT2D eigenvalue weighted by Crippen LogP contribution is 2.21. The van der Waals surface area contributed by atoms with Crippen LogP contribution in [0, 0.1) is 11.6 Å². The number of carbonyl (C=O) groups excluding carboxylic acids is 1. The molecule has 15 heavy (non-hydrogen) atoms. The molecule has 0 aliphatic rings. The minimum Gasteiger partial charge on any atom is -0.478 e. The van der Waals surface area contributed by atoms with Gasteiger partial charge in [-0.2, -0.15) is 0 Å². The second-order valence-corrected chi connectivity index (χ2v) is 2.80. The highest BCUT2D eigenvalue weighted by Gasteiger charge is 2.18. The fraction of sp³-hybridized carbons (Fsp3) is 0.111. The fourth-order valence-electron chi connectivity index (χ4n) is 1.08. The van der Waals surface area contributed by atoms with Gasteiger partial charge < -0.3 is 10.4 Å². The van der Waals surface area contributed by atoms with Crippen LogP contribution in [0.5, 0.6) is 0 Å². The summed E-state index contributed by atoms with van der Waals surface area (Å²) in [6, 6.07) is 1.18. The van der Waals surface area contributed by atoms with Gasteiger partial charge in [-0.15, -0.1) is 0 Å². The lowest BCUT2D eigenvalue weighted by atomic mass is 10.1. The summed E-state index contributed by atoms with van der Waals surface area (Å²) in [6.45, 7) is 1.11. The summed E-state index contributed by atoms with van der Waals surface area (Å²) in [5, 5.41) is 10.7. The predicted molar refractivity (Wildman–Crippen MR) is 47.6 cm³/mol. The molecule has 0 saturated heterocycles. The molecule has 0 aliphatic carbocycles. The Balaban J connectivity index is 3.33. The number of rotatable bonds is 2. The molecular weight excluding hydrogens is 208 g/mol. The second kappa shape index (κ2) is 4.04. The number of hydrogen-bond donors (Lipinski definition) is 2. The van der Waals surface area contributed by atoms with Crippen LogP contribution in [0.3, 0.4) is 0 Å². The van der Waals surface area contributed by atoms with E-state index in [9.17, 15) is 18.4 Å². The average Bonchev–Trinajstić information content (AvgIpc) is 1.99. The summed E-state index contributed by atoms with van der Waals surface area (Å²) in [5.74, 6) is -4.37. The minimum absolute atomic E-state index is 0.396. The molecule has 0 aromatic heterocycles. The van der Waals surface area contributed by atoms with E-state index in [1.165, 1.54) is 0 Å². The highest BCUT2D eigenvalue weighted by molar-refractivity contribution is 6.00. The van der Waals surface area contributed by atoms with Crippen molar-refractivity contribution >= 4 is 17.6 Å². The molecule has 0 fully saturated rings. The third kappa shape index (κ3) is 2.49. The SMILES string of the molecule is CC(=O)Nc1cc(F)cc(F)c1C(=O)O. The maximum Gasteiger partial charge on any atom is 0.340 e. The first kappa shape index (κ1) is 11.1. The smallest absolute Gasteiger partial charge is 0.340 e. The quantitative estimate of drug-likeness (QED) is 0.787. The van der Waals surface area contributed by atoms with Crippen molar-refractivity contribution in [3.05, 3.63) is 29.3 Å². The molecule has 4 nitrogen and oxygen atoms in total. The number of anilines is 1. The van der Waals surface area contributed by atoms with Crippen LogP contribution in [0.15, 0.2) is 12.1 Å². The Bertz CT molecular complexity index is 432. The van der Waals surface area contributed by atoms with Crippen LogP contribution in [0.25, 0.3) is 0 Å². The summed E-state index contributed by atoms with van der Waals surface area (Å²) in [5.41, 5.74) is -1.15. The van der Waals surface area contributed by atoms with Crippen LogP contribution >= 0.6 is 0 Å². The van der Waals surface area contributed by atoms with E-state index in [1.54, 1.807) is 0 Å². The van der Waals surface area contributed by atoms with E-state index in [2.05, 4.69) is 0 Å². The zero-order valence-electron chi connectivity index (χ0n) is 7.67. The Hall–Kier alpha value is -1.98. The Morgan fingerprint density at radius 3 is 2.40 bits per heavy atom. The highest BCUT2D eigenvalue weighted by atomic mass is 19.1. The van der Waals surface area contributed by atoms with Gasteiger partial charge in [0, 0.05) is 13.0 Å². The van der Waals surface area contributed by atoms with E-state index in [0.29, 0.717) is 6.07 Å². The van der Waals surface area contributed by atoms with Crippen LogP contribution in [-0.2, 0) is 4.79 Å². The van der Waals surface area contributed by atoms with Gasteiger partial charge in [-0.05, 0) is 6.07 Å². The van der Waals surface area contributed by atoms with E-state index in [-0.39, 0.29) is 0 Å². The number of nitrogens with one attached hydrogen (secondary N) is 1. The molecule has 1 aromatic carbocycles. The van der Waals surface area contributed by atoms with Gasteiger partial charge in [-0.1, -0.05) is 0 Å². The second-order valence-electron chi connectivity index (χ2n) is 2.80. The third-order valence-corrected chi connectivity index (χ3v) is 1.58. The number of amides is 1. The molecule has 0 spiro atoms. The maximum absolute atomic E-state index is 13.0. The molecule has 0 unspecified atom stereocenters. The standard InChI is InChI=1S/C9H7F2NO3/c1-4(13)12-7-3-5(10)2-6(11)8(7)9(14)15/h2-3H,1H3,(H,12,13)(H,14,15). The summed E-state index contributed by atoms with van der Waals surface area (Å²) >= 11 is 0. The molecule has 0 atom stereocenters. The van der Waals surface area contributed by atoms with Crippen LogP contribution in [0.4, 0.5) is 14.5 Å². The Labute approximate surface area is 83.5 Å². The van der Waals surface area contributed by atoms with Crippen molar-refractivity contribution in [3.63, 3.8) is 0 Å². The summed E-state index contributed by atoms with van der Waals surface area (Å²) < 4.78 is 25.8. The predicted octanol–water partition coefficient (Wildman–Crippen LogP) is 1.62. The monoisotopic (exact) mass is 215 g/mol.